The van der Waals surface area contributed by atoms with Crippen molar-refractivity contribution in [2.24, 2.45) is 14.1 Å². The molecule has 0 aliphatic rings. The van der Waals surface area contributed by atoms with Gasteiger partial charge in [0.05, 0.1) is 23.7 Å². The monoisotopic (exact) mass is 368 g/mol. The molecule has 5 nitrogen and oxygen atoms in total. The summed E-state index contributed by atoms with van der Waals surface area (Å²) in [6.07, 6.45) is 0. The van der Waals surface area contributed by atoms with Crippen molar-refractivity contribution < 1.29 is 4.74 Å². The molecule has 5 aromatic rings. The Balaban J connectivity index is 1.74. The molecule has 0 spiro atoms. The lowest BCUT2D eigenvalue weighted by Crippen LogP contribution is -1.95. The number of aryl methyl sites for hydroxylation is 2. The number of imidazole rings is 1. The lowest BCUT2D eigenvalue weighted by molar-refractivity contribution is 0.415. The van der Waals surface area contributed by atoms with Gasteiger partial charge in [-0.25, -0.2) is 4.98 Å². The number of aromatic nitrogens is 4. The van der Waals surface area contributed by atoms with Gasteiger partial charge in [0, 0.05) is 19.5 Å². The Morgan fingerprint density at radius 3 is 2.46 bits per heavy atom. The average Bonchev–Trinajstić information content (AvgIpc) is 3.25. The fourth-order valence-electron chi connectivity index (χ4n) is 3.77. The number of fused-ring (bicyclic) bond motifs is 2. The van der Waals surface area contributed by atoms with Crippen LogP contribution in [0.2, 0.25) is 0 Å². The van der Waals surface area contributed by atoms with Gasteiger partial charge < -0.3 is 9.30 Å². The van der Waals surface area contributed by atoms with E-state index in [2.05, 4.69) is 34.9 Å². The smallest absolute Gasteiger partial charge is 0.162 e. The summed E-state index contributed by atoms with van der Waals surface area (Å²) in [5, 5.41) is 5.88. The van der Waals surface area contributed by atoms with Gasteiger partial charge in [-0.15, -0.1) is 0 Å². The number of rotatable bonds is 3. The molecule has 2 aromatic heterocycles. The number of methoxy groups -OCH3 is 1. The lowest BCUT2D eigenvalue weighted by Gasteiger charge is -2.06. The molecule has 5 heteroatoms. The molecule has 0 atom stereocenters. The maximum atomic E-state index is 5.38. The van der Waals surface area contributed by atoms with E-state index in [1.807, 2.05) is 55.2 Å². The molecule has 0 N–H and O–H groups in total. The second-order valence-corrected chi connectivity index (χ2v) is 6.92. The highest BCUT2D eigenvalue weighted by Crippen LogP contribution is 2.33. The van der Waals surface area contributed by atoms with E-state index in [1.54, 1.807) is 7.11 Å². The Morgan fingerprint density at radius 2 is 1.64 bits per heavy atom. The number of ether oxygens (including phenoxy) is 1. The summed E-state index contributed by atoms with van der Waals surface area (Å²) in [5.41, 5.74) is 6.28. The summed E-state index contributed by atoms with van der Waals surface area (Å²) < 4.78 is 9.40. The van der Waals surface area contributed by atoms with Gasteiger partial charge in [-0.05, 0) is 47.5 Å². The zero-order valence-corrected chi connectivity index (χ0v) is 16.0. The maximum absolute atomic E-state index is 5.38. The molecule has 0 bridgehead atoms. The van der Waals surface area contributed by atoms with E-state index in [9.17, 15) is 0 Å². The molecule has 0 aliphatic carbocycles. The first-order valence-corrected chi connectivity index (χ1v) is 9.19. The normalized spacial score (nSPS) is 11.4. The summed E-state index contributed by atoms with van der Waals surface area (Å²) in [7, 11) is 5.70. The quantitative estimate of drug-likeness (QED) is 0.459. The molecule has 0 saturated heterocycles. The molecule has 0 unspecified atom stereocenters. The van der Waals surface area contributed by atoms with Crippen LogP contribution in [0.15, 0.2) is 66.7 Å². The molecule has 5 rings (SSSR count). The Hall–Kier alpha value is -3.60. The van der Waals surface area contributed by atoms with E-state index < -0.39 is 0 Å². The minimum Gasteiger partial charge on any atom is -0.497 e. The van der Waals surface area contributed by atoms with Crippen molar-refractivity contribution in [2.75, 3.05) is 7.11 Å². The fourth-order valence-corrected chi connectivity index (χ4v) is 3.77. The third kappa shape index (κ3) is 2.47. The molecule has 0 aliphatic heterocycles. The predicted molar refractivity (Wildman–Crippen MR) is 112 cm³/mol. The first-order chi connectivity index (χ1) is 13.7. The zero-order valence-electron chi connectivity index (χ0n) is 16.0. The minimum atomic E-state index is 0.847. The van der Waals surface area contributed by atoms with Crippen LogP contribution in [0.3, 0.4) is 0 Å². The lowest BCUT2D eigenvalue weighted by atomic mass is 10.0. The van der Waals surface area contributed by atoms with Crippen molar-refractivity contribution in [3.8, 4) is 28.4 Å². The van der Waals surface area contributed by atoms with Crippen LogP contribution in [0.1, 0.15) is 0 Å². The van der Waals surface area contributed by atoms with Gasteiger partial charge in [-0.1, -0.05) is 30.3 Å². The van der Waals surface area contributed by atoms with E-state index in [0.29, 0.717) is 0 Å². The maximum Gasteiger partial charge on any atom is 0.162 e. The van der Waals surface area contributed by atoms with Gasteiger partial charge in [0.25, 0.3) is 0 Å². The van der Waals surface area contributed by atoms with Crippen LogP contribution in [-0.4, -0.2) is 26.4 Å². The van der Waals surface area contributed by atoms with Crippen LogP contribution in [-0.2, 0) is 14.1 Å². The van der Waals surface area contributed by atoms with Crippen LogP contribution >= 0.6 is 0 Å². The number of benzene rings is 3. The van der Waals surface area contributed by atoms with Gasteiger partial charge in [0.2, 0.25) is 0 Å². The third-order valence-electron chi connectivity index (χ3n) is 5.25. The highest BCUT2D eigenvalue weighted by Gasteiger charge is 2.17. The molecule has 0 amide bonds. The summed E-state index contributed by atoms with van der Waals surface area (Å²) >= 11 is 0. The number of hydrogen-bond donors (Lipinski definition) is 0. The van der Waals surface area contributed by atoms with Gasteiger partial charge in [0.1, 0.15) is 11.4 Å². The Bertz CT molecular complexity index is 1330. The van der Waals surface area contributed by atoms with Crippen LogP contribution < -0.4 is 4.74 Å². The van der Waals surface area contributed by atoms with Crippen molar-refractivity contribution in [1.82, 2.24) is 19.3 Å². The van der Waals surface area contributed by atoms with Crippen LogP contribution in [0.4, 0.5) is 0 Å². The number of para-hydroxylation sites is 2. The molecular formula is C23H20N4O. The van der Waals surface area contributed by atoms with E-state index in [-0.39, 0.29) is 0 Å². The topological polar surface area (TPSA) is 44.9 Å². The van der Waals surface area contributed by atoms with Crippen LogP contribution in [0.25, 0.3) is 44.6 Å². The zero-order chi connectivity index (χ0) is 19.3. The molecule has 3 aromatic carbocycles. The van der Waals surface area contributed by atoms with Crippen molar-refractivity contribution in [3.63, 3.8) is 0 Å². The van der Waals surface area contributed by atoms with Crippen LogP contribution in [0, 0.1) is 0 Å². The van der Waals surface area contributed by atoms with Gasteiger partial charge in [0.15, 0.2) is 5.82 Å². The van der Waals surface area contributed by atoms with E-state index in [1.165, 1.54) is 0 Å². The van der Waals surface area contributed by atoms with Gasteiger partial charge >= 0.3 is 0 Å². The van der Waals surface area contributed by atoms with Crippen molar-refractivity contribution in [2.45, 2.75) is 0 Å². The van der Waals surface area contributed by atoms with E-state index in [4.69, 9.17) is 14.8 Å². The SMILES string of the molecule is COc1cccc(-c2ccc3c(c2)c(-c2nc4ccccc4n2C)nn3C)c1. The van der Waals surface area contributed by atoms with Gasteiger partial charge in [-0.2, -0.15) is 5.10 Å². The summed E-state index contributed by atoms with van der Waals surface area (Å²) in [6, 6.07) is 22.7. The molecule has 0 fully saturated rings. The Kier molecular flexibility index (Phi) is 3.69. The number of nitrogens with zero attached hydrogens (tertiary/aromatic N) is 4. The second-order valence-electron chi connectivity index (χ2n) is 6.92. The van der Waals surface area contributed by atoms with Crippen molar-refractivity contribution in [3.05, 3.63) is 66.7 Å². The first kappa shape index (κ1) is 16.6. The van der Waals surface area contributed by atoms with Crippen molar-refractivity contribution in [1.29, 1.82) is 0 Å². The minimum absolute atomic E-state index is 0.847. The second kappa shape index (κ2) is 6.23. The molecular weight excluding hydrogens is 348 g/mol. The van der Waals surface area contributed by atoms with Crippen molar-refractivity contribution >= 4 is 21.9 Å². The van der Waals surface area contributed by atoms with E-state index in [0.717, 1.165) is 50.3 Å². The standard InChI is InChI=1S/C23H20N4O/c1-26-21-10-5-4-9-19(21)24-23(26)22-18-14-16(11-12-20(18)27(2)25-22)15-7-6-8-17(13-15)28-3/h4-14H,1-3H3. The first-order valence-electron chi connectivity index (χ1n) is 9.19. The molecule has 0 saturated carbocycles. The highest BCUT2D eigenvalue weighted by atomic mass is 16.5. The summed E-state index contributed by atoms with van der Waals surface area (Å²) in [5.74, 6) is 1.72. The van der Waals surface area contributed by atoms with Gasteiger partial charge in [-0.3, -0.25) is 4.68 Å². The fraction of sp³-hybridized carbons (Fsp3) is 0.130. The largest absolute Gasteiger partial charge is 0.497 e. The third-order valence-corrected chi connectivity index (χ3v) is 5.25. The average molecular weight is 368 g/mol. The number of hydrogen-bond acceptors (Lipinski definition) is 3. The summed E-state index contributed by atoms with van der Waals surface area (Å²) in [4.78, 5) is 4.84. The predicted octanol–water partition coefficient (Wildman–Crippen LogP) is 4.80. The molecule has 138 valence electrons. The molecule has 28 heavy (non-hydrogen) atoms. The highest BCUT2D eigenvalue weighted by molar-refractivity contribution is 5.96. The Morgan fingerprint density at radius 1 is 0.821 bits per heavy atom. The Labute approximate surface area is 162 Å². The molecule has 0 radical (unpaired) electrons. The summed E-state index contributed by atoms with van der Waals surface area (Å²) in [6.45, 7) is 0. The van der Waals surface area contributed by atoms with E-state index >= 15 is 0 Å². The molecule has 2 heterocycles. The van der Waals surface area contributed by atoms with Crippen LogP contribution in [0.5, 0.6) is 5.75 Å².